The lowest BCUT2D eigenvalue weighted by Crippen LogP contribution is -2.45. The average Bonchev–Trinajstić information content (AvgIpc) is 3.33. The van der Waals surface area contributed by atoms with Crippen molar-refractivity contribution in [3.05, 3.63) is 54.1 Å². The van der Waals surface area contributed by atoms with Crippen molar-refractivity contribution in [2.45, 2.75) is 136 Å². The van der Waals surface area contributed by atoms with Gasteiger partial charge in [-0.2, -0.15) is 13.2 Å². The van der Waals surface area contributed by atoms with E-state index in [9.17, 15) is 18.0 Å². The van der Waals surface area contributed by atoms with Gasteiger partial charge in [0.05, 0.1) is 24.9 Å². The van der Waals surface area contributed by atoms with Crippen LogP contribution < -0.4 is 4.74 Å². The predicted octanol–water partition coefficient (Wildman–Crippen LogP) is 9.49. The van der Waals surface area contributed by atoms with Crippen LogP contribution in [0.4, 0.5) is 13.2 Å². The summed E-state index contributed by atoms with van der Waals surface area (Å²) < 4.78 is 81.9. The number of rotatable bonds is 21. The Bertz CT molecular complexity index is 1200. The number of allylic oxidation sites excluding steroid dienone is 2. The first-order valence-corrected chi connectivity index (χ1v) is 20.7. The van der Waals surface area contributed by atoms with E-state index in [2.05, 4.69) is 52.1 Å². The maximum Gasteiger partial charge on any atom is 0.416 e. The minimum atomic E-state index is -4.48. The van der Waals surface area contributed by atoms with Gasteiger partial charge < -0.3 is 32.8 Å². The molecule has 0 amide bonds. The van der Waals surface area contributed by atoms with Gasteiger partial charge in [0, 0.05) is 25.6 Å². The second-order valence-corrected chi connectivity index (χ2v) is 18.9. The highest BCUT2D eigenvalue weighted by Gasteiger charge is 2.48. The zero-order valence-corrected chi connectivity index (χ0v) is 32.7. The van der Waals surface area contributed by atoms with E-state index in [-0.39, 0.29) is 47.4 Å². The molecule has 0 aromatic heterocycles. The van der Waals surface area contributed by atoms with Gasteiger partial charge in [-0.1, -0.05) is 51.1 Å². The number of unbranched alkanes of at least 4 members (excludes halogenated alkanes) is 1. The van der Waals surface area contributed by atoms with Crippen LogP contribution in [0.1, 0.15) is 86.1 Å². The summed E-state index contributed by atoms with van der Waals surface area (Å²) in [4.78, 5) is 11.6. The molecular formula is C38H61F3O8Si. The fraction of sp³-hybridized carbons (Fsp3) is 0.711. The quantitative estimate of drug-likeness (QED) is 0.0407. The number of hydrogen-bond acceptors (Lipinski definition) is 8. The molecule has 0 saturated heterocycles. The standard InChI is InChI=1S/C38H61F3O8Si/c1-11-44-27(3)47-31(26-46-30-19-17-18-29(24-30)38(39,40)41)22-23-33-32(20-15-13-14-16-21-36(42)43-8)35(49-50(9,10)37(5,6)7)25-34(33)48-28(4)45-12-2/h13,15,17-19,22-24,27-28,31-35H,11-12,14,16,20-21,25-26H2,1-10H3/b15-13-,23-22+/t27?,28?,31-,32-,33-,34-,35+/m1/s1. The largest absolute Gasteiger partial charge is 0.491 e. The van der Waals surface area contributed by atoms with E-state index in [1.807, 2.05) is 26.8 Å². The molecule has 1 aliphatic rings. The summed E-state index contributed by atoms with van der Waals surface area (Å²) in [6, 6.07) is 4.81. The Morgan fingerprint density at radius 1 is 1.02 bits per heavy atom. The van der Waals surface area contributed by atoms with Gasteiger partial charge in [-0.05, 0) is 95.6 Å². The van der Waals surface area contributed by atoms with Crippen molar-refractivity contribution in [1.82, 2.24) is 0 Å². The Labute approximate surface area is 299 Å². The minimum absolute atomic E-state index is 0.000717. The number of esters is 1. The molecule has 1 aromatic carbocycles. The average molecular weight is 731 g/mol. The van der Waals surface area contributed by atoms with E-state index < -0.39 is 38.7 Å². The third-order valence-corrected chi connectivity index (χ3v) is 13.8. The second kappa shape index (κ2) is 20.7. The van der Waals surface area contributed by atoms with Crippen LogP contribution >= 0.6 is 0 Å². The first-order valence-electron chi connectivity index (χ1n) is 17.8. The van der Waals surface area contributed by atoms with E-state index in [0.29, 0.717) is 32.5 Å². The van der Waals surface area contributed by atoms with Gasteiger partial charge in [0.15, 0.2) is 20.9 Å². The molecule has 0 N–H and O–H groups in total. The highest BCUT2D eigenvalue weighted by molar-refractivity contribution is 6.74. The molecular weight excluding hydrogens is 669 g/mol. The summed E-state index contributed by atoms with van der Waals surface area (Å²) in [5.41, 5.74) is -0.783. The molecule has 50 heavy (non-hydrogen) atoms. The van der Waals surface area contributed by atoms with Crippen LogP contribution in [0.15, 0.2) is 48.6 Å². The Morgan fingerprint density at radius 3 is 2.32 bits per heavy atom. The highest BCUT2D eigenvalue weighted by Crippen LogP contribution is 2.45. The van der Waals surface area contributed by atoms with Crippen LogP contribution in [0.25, 0.3) is 0 Å². The molecule has 8 nitrogen and oxygen atoms in total. The van der Waals surface area contributed by atoms with Crippen LogP contribution in [0.3, 0.4) is 0 Å². The summed E-state index contributed by atoms with van der Waals surface area (Å²) in [5, 5.41) is -0.000717. The van der Waals surface area contributed by atoms with Crippen LogP contribution in [0, 0.1) is 11.8 Å². The summed E-state index contributed by atoms with van der Waals surface area (Å²) in [6.07, 6.45) is 4.98. The van der Waals surface area contributed by atoms with E-state index in [4.69, 9.17) is 32.8 Å². The molecule has 0 aliphatic heterocycles. The van der Waals surface area contributed by atoms with Gasteiger partial charge in [0.1, 0.15) is 18.5 Å². The van der Waals surface area contributed by atoms with Crippen molar-refractivity contribution in [2.75, 3.05) is 26.9 Å². The molecule has 1 aromatic rings. The van der Waals surface area contributed by atoms with Crippen molar-refractivity contribution in [2.24, 2.45) is 11.8 Å². The van der Waals surface area contributed by atoms with E-state index in [0.717, 1.165) is 25.0 Å². The summed E-state index contributed by atoms with van der Waals surface area (Å²) in [6.45, 7) is 19.5. The smallest absolute Gasteiger partial charge is 0.416 e. The minimum Gasteiger partial charge on any atom is -0.491 e. The van der Waals surface area contributed by atoms with E-state index >= 15 is 0 Å². The topological polar surface area (TPSA) is 81.7 Å². The third kappa shape index (κ3) is 14.8. The van der Waals surface area contributed by atoms with Crippen molar-refractivity contribution in [3.8, 4) is 5.75 Å². The maximum absolute atomic E-state index is 13.4. The first kappa shape index (κ1) is 43.9. The number of ether oxygens (including phenoxy) is 6. The number of methoxy groups -OCH3 is 1. The molecule has 2 rings (SSSR count). The van der Waals surface area contributed by atoms with Crippen LogP contribution in [-0.2, 0) is 39.1 Å². The molecule has 286 valence electrons. The van der Waals surface area contributed by atoms with Crippen LogP contribution in [0.5, 0.6) is 5.75 Å². The maximum atomic E-state index is 13.4. The number of alkyl halides is 3. The van der Waals surface area contributed by atoms with Gasteiger partial charge >= 0.3 is 12.1 Å². The third-order valence-electron chi connectivity index (χ3n) is 9.33. The van der Waals surface area contributed by atoms with Crippen molar-refractivity contribution >= 4 is 14.3 Å². The predicted molar refractivity (Wildman–Crippen MR) is 191 cm³/mol. The Hall–Kier alpha value is -2.22. The summed E-state index contributed by atoms with van der Waals surface area (Å²) in [7, 11) is -0.782. The monoisotopic (exact) mass is 730 g/mol. The lowest BCUT2D eigenvalue weighted by molar-refractivity contribution is -0.163. The van der Waals surface area contributed by atoms with E-state index in [1.165, 1.54) is 19.2 Å². The number of hydrogen-bond donors (Lipinski definition) is 0. The molecule has 0 radical (unpaired) electrons. The van der Waals surface area contributed by atoms with Crippen molar-refractivity contribution < 1.29 is 50.8 Å². The Morgan fingerprint density at radius 2 is 1.70 bits per heavy atom. The van der Waals surface area contributed by atoms with Crippen LogP contribution in [0.2, 0.25) is 18.1 Å². The zero-order chi connectivity index (χ0) is 37.5. The number of benzene rings is 1. The van der Waals surface area contributed by atoms with Gasteiger partial charge in [0.2, 0.25) is 0 Å². The molecule has 1 fully saturated rings. The lowest BCUT2D eigenvalue weighted by atomic mass is 9.89. The second-order valence-electron chi connectivity index (χ2n) is 14.2. The number of halogens is 3. The molecule has 1 aliphatic carbocycles. The molecule has 0 heterocycles. The Kier molecular flexibility index (Phi) is 18.2. The van der Waals surface area contributed by atoms with Gasteiger partial charge in [0.25, 0.3) is 0 Å². The normalized spacial score (nSPS) is 22.3. The molecule has 0 spiro atoms. The fourth-order valence-electron chi connectivity index (χ4n) is 5.71. The van der Waals surface area contributed by atoms with Gasteiger partial charge in [-0.15, -0.1) is 0 Å². The SMILES string of the molecule is CCOC(C)O[C@H](/C=C/[C@@H]1[C@@H](C/C=C\CCCC(=O)OC)[C@@H](O[Si](C)(C)C(C)(C)C)C[C@H]1OC(C)OCC)COc1cccc(C(F)(F)F)c1. The molecule has 0 bridgehead atoms. The highest BCUT2D eigenvalue weighted by atomic mass is 28.4. The number of carbonyl (C=O) groups is 1. The fourth-order valence-corrected chi connectivity index (χ4v) is 7.09. The first-order chi connectivity index (χ1) is 23.4. The Balaban J connectivity index is 2.44. The van der Waals surface area contributed by atoms with Crippen molar-refractivity contribution in [3.63, 3.8) is 0 Å². The van der Waals surface area contributed by atoms with Gasteiger partial charge in [-0.3, -0.25) is 4.79 Å². The molecule has 2 unspecified atom stereocenters. The summed E-state index contributed by atoms with van der Waals surface area (Å²) >= 11 is 0. The molecule has 7 atom stereocenters. The summed E-state index contributed by atoms with van der Waals surface area (Å²) in [5.74, 6) is -0.186. The molecule has 12 heteroatoms. The van der Waals surface area contributed by atoms with Crippen LogP contribution in [-0.4, -0.2) is 72.1 Å². The lowest BCUT2D eigenvalue weighted by Gasteiger charge is -2.40. The van der Waals surface area contributed by atoms with Crippen molar-refractivity contribution in [1.29, 1.82) is 0 Å². The van der Waals surface area contributed by atoms with E-state index in [1.54, 1.807) is 6.92 Å². The zero-order valence-electron chi connectivity index (χ0n) is 31.7. The van der Waals surface area contributed by atoms with Gasteiger partial charge in [-0.25, -0.2) is 0 Å². The molecule has 1 saturated carbocycles. The number of carbonyl (C=O) groups excluding carboxylic acids is 1.